The zero-order valence-electron chi connectivity index (χ0n) is 10.5. The van der Waals surface area contributed by atoms with Gasteiger partial charge < -0.3 is 10.1 Å². The van der Waals surface area contributed by atoms with Crippen LogP contribution in [0.3, 0.4) is 0 Å². The number of aryl methyl sites for hydroxylation is 1. The van der Waals surface area contributed by atoms with Crippen LogP contribution in [-0.4, -0.2) is 13.2 Å². The van der Waals surface area contributed by atoms with E-state index in [0.717, 1.165) is 28.1 Å². The molecule has 0 amide bonds. The second-order valence-corrected chi connectivity index (χ2v) is 4.02. The molecule has 0 aliphatic heterocycles. The molecule has 0 aromatic heterocycles. The molecule has 0 bridgehead atoms. The van der Waals surface area contributed by atoms with Crippen molar-refractivity contribution in [2.75, 3.05) is 12.4 Å². The monoisotopic (exact) mass is 218 g/mol. The van der Waals surface area contributed by atoms with E-state index >= 15 is 0 Å². The Morgan fingerprint density at radius 2 is 1.94 bits per heavy atom. The van der Waals surface area contributed by atoms with Crippen LogP contribution in [0.4, 0.5) is 5.69 Å². The first-order valence-corrected chi connectivity index (χ1v) is 5.32. The molecule has 1 atom stereocenters. The molecular formula is C13H18N2O. The van der Waals surface area contributed by atoms with Gasteiger partial charge in [0.05, 0.1) is 13.2 Å². The minimum Gasteiger partial charge on any atom is -0.496 e. The first kappa shape index (κ1) is 12.4. The number of nitrogens with zero attached hydrogens (tertiary/aromatic N) is 1. The van der Waals surface area contributed by atoms with Gasteiger partial charge in [0.15, 0.2) is 0 Å². The molecule has 0 heterocycles. The standard InChI is InChI=1S/C13H18N2O/c1-8-6-12(15-9(2)7-14)10(3)11(4)13(8)16-5/h6,9,15H,1-5H3. The maximum absolute atomic E-state index is 8.79. The lowest BCUT2D eigenvalue weighted by atomic mass is 10.0. The lowest BCUT2D eigenvalue weighted by Crippen LogP contribution is -2.13. The van der Waals surface area contributed by atoms with Gasteiger partial charge in [0, 0.05) is 5.69 Å². The van der Waals surface area contributed by atoms with Crippen molar-refractivity contribution >= 4 is 5.69 Å². The first-order valence-electron chi connectivity index (χ1n) is 5.32. The highest BCUT2D eigenvalue weighted by atomic mass is 16.5. The van der Waals surface area contributed by atoms with E-state index in [9.17, 15) is 0 Å². The Morgan fingerprint density at radius 1 is 1.31 bits per heavy atom. The van der Waals surface area contributed by atoms with Gasteiger partial charge in [0.1, 0.15) is 11.8 Å². The predicted molar refractivity (Wildman–Crippen MR) is 65.9 cm³/mol. The molecule has 0 saturated carbocycles. The van der Waals surface area contributed by atoms with E-state index in [4.69, 9.17) is 10.00 Å². The van der Waals surface area contributed by atoms with Crippen molar-refractivity contribution < 1.29 is 4.74 Å². The molecule has 3 nitrogen and oxygen atoms in total. The van der Waals surface area contributed by atoms with E-state index < -0.39 is 0 Å². The third kappa shape index (κ3) is 2.27. The summed E-state index contributed by atoms with van der Waals surface area (Å²) in [6.07, 6.45) is 0. The van der Waals surface area contributed by atoms with Gasteiger partial charge in [-0.15, -0.1) is 0 Å². The Labute approximate surface area is 97.0 Å². The maximum atomic E-state index is 8.79. The quantitative estimate of drug-likeness (QED) is 0.848. The summed E-state index contributed by atoms with van der Waals surface area (Å²) < 4.78 is 5.35. The number of hydrogen-bond donors (Lipinski definition) is 1. The van der Waals surface area contributed by atoms with Crippen LogP contribution in [0.2, 0.25) is 0 Å². The van der Waals surface area contributed by atoms with E-state index in [1.54, 1.807) is 7.11 Å². The minimum absolute atomic E-state index is 0.189. The van der Waals surface area contributed by atoms with Crippen molar-refractivity contribution in [3.63, 3.8) is 0 Å². The Balaban J connectivity index is 3.19. The molecule has 1 aromatic rings. The zero-order valence-corrected chi connectivity index (χ0v) is 10.5. The Kier molecular flexibility index (Phi) is 3.78. The van der Waals surface area contributed by atoms with Gasteiger partial charge in [-0.1, -0.05) is 0 Å². The van der Waals surface area contributed by atoms with Gasteiger partial charge in [-0.2, -0.15) is 5.26 Å². The number of anilines is 1. The lowest BCUT2D eigenvalue weighted by molar-refractivity contribution is 0.408. The number of methoxy groups -OCH3 is 1. The van der Waals surface area contributed by atoms with Crippen LogP contribution >= 0.6 is 0 Å². The summed E-state index contributed by atoms with van der Waals surface area (Å²) in [5.74, 6) is 0.924. The van der Waals surface area contributed by atoms with E-state index in [1.165, 1.54) is 0 Å². The summed E-state index contributed by atoms with van der Waals surface area (Å²) in [7, 11) is 1.68. The molecule has 16 heavy (non-hydrogen) atoms. The molecule has 0 spiro atoms. The minimum atomic E-state index is -0.189. The van der Waals surface area contributed by atoms with Crippen molar-refractivity contribution in [3.8, 4) is 11.8 Å². The van der Waals surface area contributed by atoms with Crippen LogP contribution in [0.15, 0.2) is 6.07 Å². The molecule has 0 fully saturated rings. The molecule has 3 heteroatoms. The van der Waals surface area contributed by atoms with Crippen LogP contribution in [0.25, 0.3) is 0 Å². The smallest absolute Gasteiger partial charge is 0.125 e. The summed E-state index contributed by atoms with van der Waals surface area (Å²) in [5.41, 5.74) is 4.34. The molecule has 0 radical (unpaired) electrons. The SMILES string of the molecule is COc1c(C)cc(NC(C)C#N)c(C)c1C. The Bertz CT molecular complexity index is 433. The third-order valence-corrected chi connectivity index (χ3v) is 2.80. The van der Waals surface area contributed by atoms with E-state index in [-0.39, 0.29) is 6.04 Å². The van der Waals surface area contributed by atoms with Gasteiger partial charge >= 0.3 is 0 Å². The fourth-order valence-electron chi connectivity index (χ4n) is 1.79. The Hall–Kier alpha value is -1.69. The highest BCUT2D eigenvalue weighted by molar-refractivity contribution is 5.62. The first-order chi connectivity index (χ1) is 7.51. The normalized spacial score (nSPS) is 11.8. The van der Waals surface area contributed by atoms with Gasteiger partial charge in [0.25, 0.3) is 0 Å². The second-order valence-electron chi connectivity index (χ2n) is 4.02. The summed E-state index contributed by atoms with van der Waals surface area (Å²) in [4.78, 5) is 0. The molecule has 0 saturated heterocycles. The van der Waals surface area contributed by atoms with Crippen molar-refractivity contribution in [3.05, 3.63) is 22.8 Å². The number of nitrogens with one attached hydrogen (secondary N) is 1. The number of rotatable bonds is 3. The largest absolute Gasteiger partial charge is 0.496 e. The summed E-state index contributed by atoms with van der Waals surface area (Å²) >= 11 is 0. The van der Waals surface area contributed by atoms with E-state index in [2.05, 4.69) is 11.4 Å². The number of hydrogen-bond acceptors (Lipinski definition) is 3. The second kappa shape index (κ2) is 4.89. The van der Waals surface area contributed by atoms with Crippen LogP contribution in [-0.2, 0) is 0 Å². The van der Waals surface area contributed by atoms with Crippen LogP contribution in [0.5, 0.6) is 5.75 Å². The molecule has 0 aliphatic carbocycles. The van der Waals surface area contributed by atoms with Crippen LogP contribution in [0.1, 0.15) is 23.6 Å². The van der Waals surface area contributed by atoms with Crippen molar-refractivity contribution in [2.45, 2.75) is 33.7 Å². The van der Waals surface area contributed by atoms with Crippen LogP contribution in [0, 0.1) is 32.1 Å². The average molecular weight is 218 g/mol. The molecule has 1 aromatic carbocycles. The van der Waals surface area contributed by atoms with Gasteiger partial charge in [-0.25, -0.2) is 0 Å². The fourth-order valence-corrected chi connectivity index (χ4v) is 1.79. The number of benzene rings is 1. The molecule has 86 valence electrons. The van der Waals surface area contributed by atoms with Crippen molar-refractivity contribution in [1.82, 2.24) is 0 Å². The van der Waals surface area contributed by atoms with Gasteiger partial charge in [-0.3, -0.25) is 0 Å². The number of nitriles is 1. The lowest BCUT2D eigenvalue weighted by Gasteiger charge is -2.17. The summed E-state index contributed by atoms with van der Waals surface area (Å²) in [6.45, 7) is 7.91. The molecule has 1 rings (SSSR count). The van der Waals surface area contributed by atoms with Crippen LogP contribution < -0.4 is 10.1 Å². The third-order valence-electron chi connectivity index (χ3n) is 2.80. The van der Waals surface area contributed by atoms with E-state index in [0.29, 0.717) is 0 Å². The molecule has 1 unspecified atom stereocenters. The number of ether oxygens (including phenoxy) is 1. The summed E-state index contributed by atoms with van der Waals surface area (Å²) in [5, 5.41) is 12.0. The van der Waals surface area contributed by atoms with Gasteiger partial charge in [0.2, 0.25) is 0 Å². The fraction of sp³-hybridized carbons (Fsp3) is 0.462. The molecular weight excluding hydrogens is 200 g/mol. The molecule has 0 aliphatic rings. The predicted octanol–water partition coefficient (Wildman–Crippen LogP) is 2.94. The molecule has 1 N–H and O–H groups in total. The van der Waals surface area contributed by atoms with Crippen molar-refractivity contribution in [1.29, 1.82) is 5.26 Å². The van der Waals surface area contributed by atoms with E-state index in [1.807, 2.05) is 33.8 Å². The van der Waals surface area contributed by atoms with Gasteiger partial charge in [-0.05, 0) is 50.5 Å². The summed E-state index contributed by atoms with van der Waals surface area (Å²) in [6, 6.07) is 4.00. The van der Waals surface area contributed by atoms with Crippen molar-refractivity contribution in [2.24, 2.45) is 0 Å². The topological polar surface area (TPSA) is 45.0 Å². The maximum Gasteiger partial charge on any atom is 0.125 e. The highest BCUT2D eigenvalue weighted by Crippen LogP contribution is 2.31. The Morgan fingerprint density at radius 3 is 2.44 bits per heavy atom. The average Bonchev–Trinajstić information content (AvgIpc) is 2.26. The highest BCUT2D eigenvalue weighted by Gasteiger charge is 2.11. The zero-order chi connectivity index (χ0) is 12.3.